The molecule has 0 radical (unpaired) electrons. The third-order valence-electron chi connectivity index (χ3n) is 2.71. The lowest BCUT2D eigenvalue weighted by Gasteiger charge is -2.12. The molecule has 0 amide bonds. The van der Waals surface area contributed by atoms with Gasteiger partial charge in [0.25, 0.3) is 0 Å². The van der Waals surface area contributed by atoms with Gasteiger partial charge < -0.3 is 10.6 Å². The molecule has 0 saturated heterocycles. The van der Waals surface area contributed by atoms with Gasteiger partial charge in [0.2, 0.25) is 0 Å². The van der Waals surface area contributed by atoms with Crippen LogP contribution in [-0.2, 0) is 6.54 Å². The molecule has 0 atom stereocenters. The van der Waals surface area contributed by atoms with E-state index in [1.165, 1.54) is 0 Å². The van der Waals surface area contributed by atoms with Crippen molar-refractivity contribution >= 4 is 46.2 Å². The Kier molecular flexibility index (Phi) is 5.40. The van der Waals surface area contributed by atoms with Crippen molar-refractivity contribution in [2.75, 3.05) is 5.32 Å². The third-order valence-corrected chi connectivity index (χ3v) is 3.52. The van der Waals surface area contributed by atoms with Crippen LogP contribution in [0.3, 0.4) is 0 Å². The zero-order valence-electron chi connectivity index (χ0n) is 10.9. The predicted octanol–water partition coefficient (Wildman–Crippen LogP) is 4.35. The van der Waals surface area contributed by atoms with Crippen LogP contribution in [0.1, 0.15) is 11.1 Å². The highest BCUT2D eigenvalue weighted by Crippen LogP contribution is 2.25. The molecule has 0 fully saturated rings. The van der Waals surface area contributed by atoms with Gasteiger partial charge in [-0.25, -0.2) is 0 Å². The highest BCUT2D eigenvalue weighted by molar-refractivity contribution is 7.80. The van der Waals surface area contributed by atoms with Crippen LogP contribution >= 0.6 is 35.4 Å². The van der Waals surface area contributed by atoms with Gasteiger partial charge in [0.1, 0.15) is 0 Å². The van der Waals surface area contributed by atoms with Crippen molar-refractivity contribution < 1.29 is 0 Å². The van der Waals surface area contributed by atoms with Gasteiger partial charge in [0.05, 0.1) is 22.3 Å². The first-order chi connectivity index (χ1) is 10.1. The Hall–Kier alpha value is -1.80. The lowest BCUT2D eigenvalue weighted by Crippen LogP contribution is -2.28. The average Bonchev–Trinajstić information content (AvgIpc) is 2.49. The molecule has 2 rings (SSSR count). The summed E-state index contributed by atoms with van der Waals surface area (Å²) in [4.78, 5) is 0. The van der Waals surface area contributed by atoms with Crippen molar-refractivity contribution in [1.82, 2.24) is 5.32 Å². The van der Waals surface area contributed by atoms with Gasteiger partial charge in [-0.15, -0.1) is 0 Å². The molecular weight excluding hydrogens is 325 g/mol. The first kappa shape index (κ1) is 15.6. The van der Waals surface area contributed by atoms with Gasteiger partial charge in [0.15, 0.2) is 5.11 Å². The van der Waals surface area contributed by atoms with Gasteiger partial charge in [-0.3, -0.25) is 0 Å². The summed E-state index contributed by atoms with van der Waals surface area (Å²) in [5.74, 6) is 0. The van der Waals surface area contributed by atoms with Crippen LogP contribution < -0.4 is 10.6 Å². The summed E-state index contributed by atoms with van der Waals surface area (Å²) in [5.41, 5.74) is 2.31. The molecule has 0 bridgehead atoms. The third kappa shape index (κ3) is 4.61. The number of halogens is 2. The SMILES string of the molecule is N#Cc1ccc(CNC(=S)Nc2cc(Cl)ccc2Cl)cc1. The molecular formula is C15H11Cl2N3S. The van der Waals surface area contributed by atoms with E-state index in [2.05, 4.69) is 16.7 Å². The maximum absolute atomic E-state index is 8.74. The van der Waals surface area contributed by atoms with Crippen molar-refractivity contribution in [3.63, 3.8) is 0 Å². The van der Waals surface area contributed by atoms with Gasteiger partial charge in [-0.05, 0) is 48.1 Å². The second-order valence-electron chi connectivity index (χ2n) is 4.24. The zero-order valence-corrected chi connectivity index (χ0v) is 13.2. The number of anilines is 1. The molecule has 3 nitrogen and oxygen atoms in total. The van der Waals surface area contributed by atoms with E-state index < -0.39 is 0 Å². The molecule has 0 unspecified atom stereocenters. The van der Waals surface area contributed by atoms with Crippen molar-refractivity contribution in [2.24, 2.45) is 0 Å². The lowest BCUT2D eigenvalue weighted by molar-refractivity contribution is 0.925. The number of nitriles is 1. The normalized spacial score (nSPS) is 9.76. The van der Waals surface area contributed by atoms with E-state index in [0.717, 1.165) is 5.56 Å². The number of hydrogen-bond donors (Lipinski definition) is 2. The molecule has 2 aromatic rings. The Balaban J connectivity index is 1.92. The van der Waals surface area contributed by atoms with Gasteiger partial charge >= 0.3 is 0 Å². The molecule has 2 N–H and O–H groups in total. The van der Waals surface area contributed by atoms with E-state index in [1.54, 1.807) is 30.3 Å². The Bertz CT molecular complexity index is 693. The summed E-state index contributed by atoms with van der Waals surface area (Å²) >= 11 is 17.2. The van der Waals surface area contributed by atoms with Gasteiger partial charge in [0, 0.05) is 11.6 Å². The fourth-order valence-corrected chi connectivity index (χ4v) is 2.16. The quantitative estimate of drug-likeness (QED) is 0.818. The van der Waals surface area contributed by atoms with E-state index in [9.17, 15) is 0 Å². The number of hydrogen-bond acceptors (Lipinski definition) is 2. The Morgan fingerprint density at radius 1 is 1.14 bits per heavy atom. The maximum Gasteiger partial charge on any atom is 0.171 e. The molecule has 0 heterocycles. The van der Waals surface area contributed by atoms with Crippen LogP contribution in [0.15, 0.2) is 42.5 Å². The average molecular weight is 336 g/mol. The van der Waals surface area contributed by atoms with Crippen molar-refractivity contribution in [3.05, 3.63) is 63.6 Å². The van der Waals surface area contributed by atoms with E-state index in [0.29, 0.717) is 33.0 Å². The number of rotatable bonds is 3. The van der Waals surface area contributed by atoms with Crippen molar-refractivity contribution in [3.8, 4) is 6.07 Å². The van der Waals surface area contributed by atoms with E-state index in [-0.39, 0.29) is 0 Å². The molecule has 0 saturated carbocycles. The highest BCUT2D eigenvalue weighted by Gasteiger charge is 2.03. The van der Waals surface area contributed by atoms with Crippen LogP contribution in [0.2, 0.25) is 10.0 Å². The summed E-state index contributed by atoms with van der Waals surface area (Å²) < 4.78 is 0. The maximum atomic E-state index is 8.74. The second-order valence-corrected chi connectivity index (χ2v) is 5.49. The molecule has 0 aliphatic rings. The fraction of sp³-hybridized carbons (Fsp3) is 0.0667. The number of benzene rings is 2. The predicted molar refractivity (Wildman–Crippen MR) is 90.7 cm³/mol. The van der Waals surface area contributed by atoms with Gasteiger partial charge in [-0.2, -0.15) is 5.26 Å². The van der Waals surface area contributed by atoms with E-state index >= 15 is 0 Å². The van der Waals surface area contributed by atoms with Crippen LogP contribution in [0.5, 0.6) is 0 Å². The minimum Gasteiger partial charge on any atom is -0.358 e. The fourth-order valence-electron chi connectivity index (χ4n) is 1.64. The first-order valence-corrected chi connectivity index (χ1v) is 7.24. The van der Waals surface area contributed by atoms with Crippen LogP contribution in [-0.4, -0.2) is 5.11 Å². The van der Waals surface area contributed by atoms with Crippen molar-refractivity contribution in [1.29, 1.82) is 5.26 Å². The second kappa shape index (κ2) is 7.28. The molecule has 2 aromatic carbocycles. The van der Waals surface area contributed by atoms with Crippen LogP contribution in [0, 0.1) is 11.3 Å². The molecule has 21 heavy (non-hydrogen) atoms. The standard InChI is InChI=1S/C15H11Cl2N3S/c16-12-5-6-13(17)14(7-12)20-15(21)19-9-11-3-1-10(8-18)2-4-11/h1-7H,9H2,(H2,19,20,21). The summed E-state index contributed by atoms with van der Waals surface area (Å²) in [6.07, 6.45) is 0. The molecule has 0 spiro atoms. The van der Waals surface area contributed by atoms with Crippen LogP contribution in [0.25, 0.3) is 0 Å². The Morgan fingerprint density at radius 3 is 2.52 bits per heavy atom. The molecule has 6 heteroatoms. The minimum absolute atomic E-state index is 0.448. The smallest absolute Gasteiger partial charge is 0.171 e. The first-order valence-electron chi connectivity index (χ1n) is 6.07. The highest BCUT2D eigenvalue weighted by atomic mass is 35.5. The molecule has 0 aromatic heterocycles. The summed E-state index contributed by atoms with van der Waals surface area (Å²) in [7, 11) is 0. The summed E-state index contributed by atoms with van der Waals surface area (Å²) in [5, 5.41) is 16.4. The van der Waals surface area contributed by atoms with E-state index in [1.807, 2.05) is 12.1 Å². The van der Waals surface area contributed by atoms with E-state index in [4.69, 9.17) is 40.7 Å². The van der Waals surface area contributed by atoms with Gasteiger partial charge in [-0.1, -0.05) is 35.3 Å². The molecule has 0 aliphatic carbocycles. The summed E-state index contributed by atoms with van der Waals surface area (Å²) in [6, 6.07) is 14.5. The largest absolute Gasteiger partial charge is 0.358 e. The Morgan fingerprint density at radius 2 is 1.86 bits per heavy atom. The number of nitrogens with zero attached hydrogens (tertiary/aromatic N) is 1. The molecule has 106 valence electrons. The monoisotopic (exact) mass is 335 g/mol. The minimum atomic E-state index is 0.448. The zero-order chi connectivity index (χ0) is 15.2. The summed E-state index contributed by atoms with van der Waals surface area (Å²) in [6.45, 7) is 0.551. The Labute approximate surface area is 138 Å². The lowest BCUT2D eigenvalue weighted by atomic mass is 10.1. The number of nitrogens with one attached hydrogen (secondary N) is 2. The van der Waals surface area contributed by atoms with Crippen LogP contribution in [0.4, 0.5) is 5.69 Å². The molecule has 0 aliphatic heterocycles. The number of thiocarbonyl (C=S) groups is 1. The topological polar surface area (TPSA) is 47.9 Å². The van der Waals surface area contributed by atoms with Crippen molar-refractivity contribution in [2.45, 2.75) is 6.54 Å².